The lowest BCUT2D eigenvalue weighted by molar-refractivity contribution is -0.138. The highest BCUT2D eigenvalue weighted by Gasteiger charge is 2.23. The molecule has 0 heterocycles. The lowest BCUT2D eigenvalue weighted by Crippen LogP contribution is -2.45. The predicted molar refractivity (Wildman–Crippen MR) is 77.8 cm³/mol. The molecule has 0 fully saturated rings. The van der Waals surface area contributed by atoms with Crippen LogP contribution < -0.4 is 10.5 Å². The van der Waals surface area contributed by atoms with Gasteiger partial charge >= 0.3 is 0 Å². The number of ether oxygens (including phenoxy) is 1. The largest absolute Gasteiger partial charge is 0.479 e. The Morgan fingerprint density at radius 3 is 2.63 bits per heavy atom. The van der Waals surface area contributed by atoms with Gasteiger partial charge in [0.25, 0.3) is 5.91 Å². The summed E-state index contributed by atoms with van der Waals surface area (Å²) in [7, 11) is 1.69. The number of hydrogen-bond donors (Lipinski definition) is 1. The fourth-order valence-electron chi connectivity index (χ4n) is 1.48. The lowest BCUT2D eigenvalue weighted by atomic mass is 10.2. The first kappa shape index (κ1) is 16.1. The second-order valence-electron chi connectivity index (χ2n) is 4.35. The first-order valence-corrected chi connectivity index (χ1v) is 6.71. The molecule has 0 saturated heterocycles. The van der Waals surface area contributed by atoms with E-state index >= 15 is 0 Å². The number of carbonyl (C=O) groups excluding carboxylic acids is 1. The zero-order valence-corrected chi connectivity index (χ0v) is 12.7. The van der Waals surface area contributed by atoms with Crippen molar-refractivity contribution in [1.82, 2.24) is 4.90 Å². The second kappa shape index (κ2) is 6.98. The average molecular weight is 305 g/mol. The monoisotopic (exact) mass is 304 g/mol. The van der Waals surface area contributed by atoms with Gasteiger partial charge in [-0.05, 0) is 26.0 Å². The minimum Gasteiger partial charge on any atom is -0.479 e. The van der Waals surface area contributed by atoms with Crippen LogP contribution in [0.3, 0.4) is 0 Å². The van der Waals surface area contributed by atoms with Crippen molar-refractivity contribution in [2.45, 2.75) is 26.0 Å². The fraction of sp³-hybridized carbons (Fsp3) is 0.462. The number of amides is 1. The Labute approximate surface area is 123 Å². The summed E-state index contributed by atoms with van der Waals surface area (Å²) in [6, 6.07) is 5.00. The van der Waals surface area contributed by atoms with Gasteiger partial charge in [-0.25, -0.2) is 0 Å². The van der Waals surface area contributed by atoms with Crippen LogP contribution in [0.2, 0.25) is 10.0 Å². The van der Waals surface area contributed by atoms with Crippen LogP contribution in [0.1, 0.15) is 13.8 Å². The molecule has 4 nitrogen and oxygen atoms in total. The third kappa shape index (κ3) is 4.00. The van der Waals surface area contributed by atoms with Crippen LogP contribution in [0.5, 0.6) is 5.75 Å². The highest BCUT2D eigenvalue weighted by molar-refractivity contribution is 6.42. The van der Waals surface area contributed by atoms with Gasteiger partial charge in [-0.15, -0.1) is 0 Å². The molecule has 1 aromatic carbocycles. The van der Waals surface area contributed by atoms with Gasteiger partial charge in [0, 0.05) is 19.6 Å². The molecule has 1 amide bonds. The van der Waals surface area contributed by atoms with Crippen LogP contribution in [0, 0.1) is 0 Å². The zero-order valence-electron chi connectivity index (χ0n) is 11.2. The number of nitrogens with two attached hydrogens (primary N) is 1. The molecule has 19 heavy (non-hydrogen) atoms. The van der Waals surface area contributed by atoms with Crippen molar-refractivity contribution >= 4 is 29.1 Å². The molecule has 106 valence electrons. The molecule has 0 bridgehead atoms. The highest BCUT2D eigenvalue weighted by Crippen LogP contribution is 2.32. The van der Waals surface area contributed by atoms with Gasteiger partial charge in [-0.2, -0.15) is 0 Å². The van der Waals surface area contributed by atoms with Crippen LogP contribution >= 0.6 is 23.2 Å². The van der Waals surface area contributed by atoms with Gasteiger partial charge in [-0.1, -0.05) is 29.3 Å². The van der Waals surface area contributed by atoms with Crippen LogP contribution in [-0.4, -0.2) is 36.5 Å². The molecule has 2 unspecified atom stereocenters. The van der Waals surface area contributed by atoms with E-state index in [-0.39, 0.29) is 11.9 Å². The molecule has 0 aliphatic carbocycles. The molecule has 0 radical (unpaired) electrons. The first-order valence-electron chi connectivity index (χ1n) is 5.95. The number of likely N-dealkylation sites (N-methyl/N-ethyl adjacent to an activating group) is 1. The molecule has 2 atom stereocenters. The lowest BCUT2D eigenvalue weighted by Gasteiger charge is -2.27. The summed E-state index contributed by atoms with van der Waals surface area (Å²) < 4.78 is 5.56. The van der Waals surface area contributed by atoms with E-state index in [4.69, 9.17) is 33.7 Å². The van der Waals surface area contributed by atoms with Crippen LogP contribution in [0.25, 0.3) is 0 Å². The SMILES string of the molecule is CC(Oc1cccc(Cl)c1Cl)C(=O)N(C)C(C)CN. The van der Waals surface area contributed by atoms with E-state index in [1.165, 1.54) is 0 Å². The van der Waals surface area contributed by atoms with E-state index in [9.17, 15) is 4.79 Å². The van der Waals surface area contributed by atoms with Crippen LogP contribution in [0.15, 0.2) is 18.2 Å². The fourth-order valence-corrected chi connectivity index (χ4v) is 1.81. The van der Waals surface area contributed by atoms with E-state index in [0.29, 0.717) is 22.3 Å². The summed E-state index contributed by atoms with van der Waals surface area (Å²) in [5, 5.41) is 0.695. The van der Waals surface area contributed by atoms with Crippen molar-refractivity contribution in [3.8, 4) is 5.75 Å². The molecule has 1 aromatic rings. The average Bonchev–Trinajstić information content (AvgIpc) is 2.41. The van der Waals surface area contributed by atoms with Crippen molar-refractivity contribution in [3.63, 3.8) is 0 Å². The Morgan fingerprint density at radius 1 is 1.42 bits per heavy atom. The maximum Gasteiger partial charge on any atom is 0.263 e. The third-order valence-corrected chi connectivity index (χ3v) is 3.72. The predicted octanol–water partition coefficient (Wildman–Crippen LogP) is 2.57. The van der Waals surface area contributed by atoms with E-state index in [0.717, 1.165) is 0 Å². The number of halogens is 2. The summed E-state index contributed by atoms with van der Waals surface area (Å²) in [4.78, 5) is 13.7. The van der Waals surface area contributed by atoms with Gasteiger partial charge in [0.2, 0.25) is 0 Å². The van der Waals surface area contributed by atoms with Gasteiger partial charge in [-0.3, -0.25) is 4.79 Å². The maximum atomic E-state index is 12.1. The molecule has 1 rings (SSSR count). The zero-order chi connectivity index (χ0) is 14.6. The van der Waals surface area contributed by atoms with E-state index in [1.54, 1.807) is 37.1 Å². The maximum absolute atomic E-state index is 12.1. The van der Waals surface area contributed by atoms with Crippen molar-refractivity contribution in [2.24, 2.45) is 5.73 Å². The summed E-state index contributed by atoms with van der Waals surface area (Å²) in [6.07, 6.45) is -0.657. The van der Waals surface area contributed by atoms with Crippen molar-refractivity contribution in [2.75, 3.05) is 13.6 Å². The normalized spacial score (nSPS) is 13.8. The first-order chi connectivity index (χ1) is 8.88. The van der Waals surface area contributed by atoms with Gasteiger partial charge in [0.1, 0.15) is 10.8 Å². The molecule has 0 aliphatic heterocycles. The second-order valence-corrected chi connectivity index (χ2v) is 5.13. The highest BCUT2D eigenvalue weighted by atomic mass is 35.5. The quantitative estimate of drug-likeness (QED) is 0.909. The smallest absolute Gasteiger partial charge is 0.263 e. The summed E-state index contributed by atoms with van der Waals surface area (Å²) in [5.41, 5.74) is 5.53. The summed E-state index contributed by atoms with van der Waals surface area (Å²) in [6.45, 7) is 3.93. The molecule has 6 heteroatoms. The topological polar surface area (TPSA) is 55.6 Å². The standard InChI is InChI=1S/C13H18Cl2N2O2/c1-8(7-16)17(3)13(18)9(2)19-11-6-4-5-10(14)12(11)15/h4-6,8-9H,7,16H2,1-3H3. The third-order valence-electron chi connectivity index (χ3n) is 2.92. The minimum atomic E-state index is -0.657. The Morgan fingerprint density at radius 2 is 2.05 bits per heavy atom. The van der Waals surface area contributed by atoms with E-state index < -0.39 is 6.10 Å². The number of benzene rings is 1. The number of rotatable bonds is 5. The molecule has 0 aliphatic rings. The van der Waals surface area contributed by atoms with Crippen molar-refractivity contribution < 1.29 is 9.53 Å². The molecule has 0 spiro atoms. The number of nitrogens with zero attached hydrogens (tertiary/aromatic N) is 1. The Balaban J connectivity index is 2.77. The molecule has 0 aromatic heterocycles. The number of hydrogen-bond acceptors (Lipinski definition) is 3. The minimum absolute atomic E-state index is 0.0478. The van der Waals surface area contributed by atoms with Gasteiger partial charge in [0.15, 0.2) is 6.10 Å². The Kier molecular flexibility index (Phi) is 5.91. The Hall–Kier alpha value is -0.970. The molecule has 2 N–H and O–H groups in total. The summed E-state index contributed by atoms with van der Waals surface area (Å²) >= 11 is 11.9. The van der Waals surface area contributed by atoms with Gasteiger partial charge in [0.05, 0.1) is 5.02 Å². The van der Waals surface area contributed by atoms with E-state index in [2.05, 4.69) is 0 Å². The van der Waals surface area contributed by atoms with Crippen molar-refractivity contribution in [1.29, 1.82) is 0 Å². The van der Waals surface area contributed by atoms with Crippen LogP contribution in [0.4, 0.5) is 0 Å². The summed E-state index contributed by atoms with van der Waals surface area (Å²) in [5.74, 6) is 0.234. The van der Waals surface area contributed by atoms with Crippen LogP contribution in [-0.2, 0) is 4.79 Å². The Bertz CT molecular complexity index is 454. The molecular weight excluding hydrogens is 287 g/mol. The molecular formula is C13H18Cl2N2O2. The van der Waals surface area contributed by atoms with Gasteiger partial charge < -0.3 is 15.4 Å². The van der Waals surface area contributed by atoms with Crippen molar-refractivity contribution in [3.05, 3.63) is 28.2 Å². The van der Waals surface area contributed by atoms with E-state index in [1.807, 2.05) is 6.92 Å². The molecule has 0 saturated carbocycles. The number of carbonyl (C=O) groups is 1.